The van der Waals surface area contributed by atoms with Crippen LogP contribution in [0.5, 0.6) is 5.75 Å². The first-order valence-electron chi connectivity index (χ1n) is 7.58. The van der Waals surface area contributed by atoms with Crippen LogP contribution < -0.4 is 10.2 Å². The van der Waals surface area contributed by atoms with E-state index in [1.54, 1.807) is 17.6 Å². The molecular weight excluding hydrogens is 306 g/mol. The zero-order chi connectivity index (χ0) is 16.1. The van der Waals surface area contributed by atoms with Crippen LogP contribution in [-0.2, 0) is 0 Å². The van der Waals surface area contributed by atoms with Crippen molar-refractivity contribution in [3.63, 3.8) is 0 Å². The van der Waals surface area contributed by atoms with Crippen molar-refractivity contribution in [1.29, 1.82) is 0 Å². The third-order valence-electron chi connectivity index (χ3n) is 3.11. The summed E-state index contributed by atoms with van der Waals surface area (Å²) >= 11 is 1.59. The molecule has 0 aliphatic heterocycles. The zero-order valence-electron chi connectivity index (χ0n) is 13.2. The molecule has 0 spiro atoms. The van der Waals surface area contributed by atoms with E-state index in [1.165, 1.54) is 0 Å². The summed E-state index contributed by atoms with van der Waals surface area (Å²) in [4.78, 5) is 4.48. The topological polar surface area (TPSA) is 46.5 Å². The normalized spacial score (nSPS) is 11.4. The molecule has 4 nitrogen and oxygen atoms in total. The highest BCUT2D eigenvalue weighted by Crippen LogP contribution is 2.25. The highest BCUT2D eigenvalue weighted by molar-refractivity contribution is 7.22. The SMILES string of the molecule is CC(C)COc1cccc(/C=N\Nc2nc3ccccc3s2)c1. The van der Waals surface area contributed by atoms with E-state index in [4.69, 9.17) is 4.74 Å². The molecule has 0 aliphatic rings. The molecule has 23 heavy (non-hydrogen) atoms. The van der Waals surface area contributed by atoms with Crippen molar-refractivity contribution in [2.24, 2.45) is 11.0 Å². The molecule has 0 unspecified atom stereocenters. The number of ether oxygens (including phenoxy) is 1. The Morgan fingerprint density at radius 2 is 2.09 bits per heavy atom. The Hall–Kier alpha value is -2.40. The molecule has 5 heteroatoms. The van der Waals surface area contributed by atoms with Crippen LogP contribution in [0.25, 0.3) is 10.2 Å². The van der Waals surface area contributed by atoms with Crippen LogP contribution in [0.1, 0.15) is 19.4 Å². The average molecular weight is 325 g/mol. The number of anilines is 1. The summed E-state index contributed by atoms with van der Waals surface area (Å²) in [5.41, 5.74) is 4.96. The van der Waals surface area contributed by atoms with Crippen molar-refractivity contribution in [1.82, 2.24) is 4.98 Å². The number of hydrogen-bond acceptors (Lipinski definition) is 5. The maximum Gasteiger partial charge on any atom is 0.204 e. The van der Waals surface area contributed by atoms with Gasteiger partial charge in [0.15, 0.2) is 0 Å². The molecule has 1 heterocycles. The molecule has 3 aromatic rings. The monoisotopic (exact) mass is 325 g/mol. The maximum atomic E-state index is 5.72. The third kappa shape index (κ3) is 4.29. The van der Waals surface area contributed by atoms with Gasteiger partial charge in [0.1, 0.15) is 5.75 Å². The Morgan fingerprint density at radius 3 is 2.91 bits per heavy atom. The van der Waals surface area contributed by atoms with Gasteiger partial charge in [0.05, 0.1) is 23.0 Å². The van der Waals surface area contributed by atoms with Crippen LogP contribution in [0.3, 0.4) is 0 Å². The molecule has 0 amide bonds. The number of para-hydroxylation sites is 1. The predicted molar refractivity (Wildman–Crippen MR) is 97.6 cm³/mol. The summed E-state index contributed by atoms with van der Waals surface area (Å²) in [6.07, 6.45) is 1.77. The van der Waals surface area contributed by atoms with Gasteiger partial charge in [-0.05, 0) is 35.7 Å². The number of nitrogens with zero attached hydrogens (tertiary/aromatic N) is 2. The molecule has 118 valence electrons. The summed E-state index contributed by atoms with van der Waals surface area (Å²) in [5.74, 6) is 1.37. The van der Waals surface area contributed by atoms with Crippen molar-refractivity contribution >= 4 is 32.9 Å². The molecule has 0 fully saturated rings. The van der Waals surface area contributed by atoms with Gasteiger partial charge in [-0.3, -0.25) is 5.43 Å². The summed E-state index contributed by atoms with van der Waals surface area (Å²) in [5, 5.41) is 5.05. The lowest BCUT2D eigenvalue weighted by Gasteiger charge is -2.08. The number of nitrogens with one attached hydrogen (secondary N) is 1. The Bertz CT molecular complexity index is 778. The van der Waals surface area contributed by atoms with E-state index in [1.807, 2.05) is 42.5 Å². The molecule has 2 aromatic carbocycles. The largest absolute Gasteiger partial charge is 0.493 e. The first kappa shape index (κ1) is 15.5. The van der Waals surface area contributed by atoms with Gasteiger partial charge in [0.25, 0.3) is 0 Å². The predicted octanol–water partition coefficient (Wildman–Crippen LogP) is 4.78. The first-order valence-corrected chi connectivity index (χ1v) is 8.40. The summed E-state index contributed by atoms with van der Waals surface area (Å²) in [6.45, 7) is 4.98. The molecule has 0 bridgehead atoms. The van der Waals surface area contributed by atoms with Gasteiger partial charge >= 0.3 is 0 Å². The first-order chi connectivity index (χ1) is 11.2. The van der Waals surface area contributed by atoms with E-state index in [9.17, 15) is 0 Å². The quantitative estimate of drug-likeness (QED) is 0.524. The Kier molecular flexibility index (Phi) is 4.88. The van der Waals surface area contributed by atoms with E-state index >= 15 is 0 Å². The molecule has 3 rings (SSSR count). The molecule has 0 saturated heterocycles. The van der Waals surface area contributed by atoms with Gasteiger partial charge in [-0.1, -0.05) is 49.4 Å². The highest BCUT2D eigenvalue weighted by Gasteiger charge is 2.01. The van der Waals surface area contributed by atoms with Crippen molar-refractivity contribution in [3.05, 3.63) is 54.1 Å². The second-order valence-corrected chi connectivity index (χ2v) is 6.66. The molecule has 0 aliphatic carbocycles. The van der Waals surface area contributed by atoms with Crippen LogP contribution in [0.4, 0.5) is 5.13 Å². The molecule has 0 radical (unpaired) electrons. The van der Waals surface area contributed by atoms with E-state index in [0.29, 0.717) is 12.5 Å². The van der Waals surface area contributed by atoms with E-state index in [0.717, 1.165) is 26.7 Å². The van der Waals surface area contributed by atoms with Gasteiger partial charge in [0, 0.05) is 0 Å². The standard InChI is InChI=1S/C18H19N3OS/c1-13(2)12-22-15-7-5-6-14(10-15)11-19-21-18-20-16-8-3-4-9-17(16)23-18/h3-11,13H,12H2,1-2H3,(H,20,21)/b19-11-. The lowest BCUT2D eigenvalue weighted by atomic mass is 10.2. The Morgan fingerprint density at radius 1 is 1.22 bits per heavy atom. The minimum atomic E-state index is 0.507. The molecular formula is C18H19N3OS. The minimum absolute atomic E-state index is 0.507. The molecule has 1 aromatic heterocycles. The van der Waals surface area contributed by atoms with Crippen molar-refractivity contribution in [2.45, 2.75) is 13.8 Å². The van der Waals surface area contributed by atoms with E-state index in [2.05, 4.69) is 35.4 Å². The van der Waals surface area contributed by atoms with Gasteiger partial charge in [-0.15, -0.1) is 0 Å². The Labute approximate surface area is 139 Å². The van der Waals surface area contributed by atoms with Crippen LogP contribution in [0.2, 0.25) is 0 Å². The summed E-state index contributed by atoms with van der Waals surface area (Å²) in [6, 6.07) is 15.9. The number of thiazole rings is 1. The molecule has 0 atom stereocenters. The number of hydrogen-bond donors (Lipinski definition) is 1. The summed E-state index contributed by atoms with van der Waals surface area (Å²) in [7, 11) is 0. The van der Waals surface area contributed by atoms with Crippen LogP contribution >= 0.6 is 11.3 Å². The maximum absolute atomic E-state index is 5.72. The van der Waals surface area contributed by atoms with Crippen LogP contribution in [0.15, 0.2) is 53.6 Å². The van der Waals surface area contributed by atoms with Crippen molar-refractivity contribution in [3.8, 4) is 5.75 Å². The number of rotatable bonds is 6. The lowest BCUT2D eigenvalue weighted by Crippen LogP contribution is -2.04. The second kappa shape index (κ2) is 7.24. The number of aromatic nitrogens is 1. The van der Waals surface area contributed by atoms with Crippen LogP contribution in [0, 0.1) is 5.92 Å². The number of fused-ring (bicyclic) bond motifs is 1. The average Bonchev–Trinajstić information content (AvgIpc) is 2.96. The van der Waals surface area contributed by atoms with Crippen molar-refractivity contribution < 1.29 is 4.74 Å². The highest BCUT2D eigenvalue weighted by atomic mass is 32.1. The van der Waals surface area contributed by atoms with E-state index in [-0.39, 0.29) is 0 Å². The fourth-order valence-corrected chi connectivity index (χ4v) is 2.85. The zero-order valence-corrected chi connectivity index (χ0v) is 14.0. The minimum Gasteiger partial charge on any atom is -0.493 e. The third-order valence-corrected chi connectivity index (χ3v) is 4.05. The fourth-order valence-electron chi connectivity index (χ4n) is 2.03. The molecule has 1 N–H and O–H groups in total. The van der Waals surface area contributed by atoms with Gasteiger partial charge in [-0.2, -0.15) is 5.10 Å². The summed E-state index contributed by atoms with van der Waals surface area (Å²) < 4.78 is 6.87. The lowest BCUT2D eigenvalue weighted by molar-refractivity contribution is 0.271. The van der Waals surface area contributed by atoms with Crippen LogP contribution in [-0.4, -0.2) is 17.8 Å². The molecule has 0 saturated carbocycles. The van der Waals surface area contributed by atoms with Crippen molar-refractivity contribution in [2.75, 3.05) is 12.0 Å². The van der Waals surface area contributed by atoms with Gasteiger partial charge < -0.3 is 4.74 Å². The fraction of sp³-hybridized carbons (Fsp3) is 0.222. The number of hydrazone groups is 1. The second-order valence-electron chi connectivity index (χ2n) is 5.63. The van der Waals surface area contributed by atoms with E-state index < -0.39 is 0 Å². The number of benzene rings is 2. The van der Waals surface area contributed by atoms with Gasteiger partial charge in [0.2, 0.25) is 5.13 Å². The smallest absolute Gasteiger partial charge is 0.204 e. The van der Waals surface area contributed by atoms with Gasteiger partial charge in [-0.25, -0.2) is 4.98 Å². The Balaban J connectivity index is 1.64.